The molecule has 4 nitrogen and oxygen atoms in total. The molecule has 0 aliphatic heterocycles. The summed E-state index contributed by atoms with van der Waals surface area (Å²) in [6.45, 7) is 11.7. The molecule has 0 atom stereocenters. The normalized spacial score (nSPS) is 11.4. The summed E-state index contributed by atoms with van der Waals surface area (Å²) in [4.78, 5) is 8.21. The zero-order chi connectivity index (χ0) is 19.4. The summed E-state index contributed by atoms with van der Waals surface area (Å²) in [5.74, 6) is 0. The maximum Gasteiger partial charge on any atom is 0.287 e. The van der Waals surface area contributed by atoms with E-state index in [2.05, 4.69) is 35.8 Å². The first kappa shape index (κ1) is 16.5. The van der Waals surface area contributed by atoms with E-state index in [1.165, 1.54) is 11.1 Å². The van der Waals surface area contributed by atoms with Gasteiger partial charge in [0, 0.05) is 10.8 Å². The highest BCUT2D eigenvalue weighted by Gasteiger charge is 2.24. The van der Waals surface area contributed by atoms with Gasteiger partial charge < -0.3 is 4.42 Å². The summed E-state index contributed by atoms with van der Waals surface area (Å²) in [5, 5.41) is 3.10. The van der Waals surface area contributed by atoms with E-state index in [0.29, 0.717) is 11.3 Å². The molecule has 4 heteroatoms. The van der Waals surface area contributed by atoms with E-state index in [1.807, 2.05) is 48.3 Å². The predicted octanol–water partition coefficient (Wildman–Crippen LogP) is 5.79. The smallest absolute Gasteiger partial charge is 0.287 e. The fraction of sp³-hybridized carbons (Fsp3) is 0.125. The average Bonchev–Trinajstić information content (AvgIpc) is 3.08. The predicted molar refractivity (Wildman–Crippen MR) is 111 cm³/mol. The van der Waals surface area contributed by atoms with Crippen LogP contribution in [0.2, 0.25) is 0 Å². The Bertz CT molecular complexity index is 1450. The van der Waals surface area contributed by atoms with Gasteiger partial charge in [0.25, 0.3) is 6.33 Å². The molecule has 0 amide bonds. The minimum absolute atomic E-state index is 0.541. The molecule has 28 heavy (non-hydrogen) atoms. The van der Waals surface area contributed by atoms with Gasteiger partial charge in [-0.3, -0.25) is 0 Å². The third-order valence-electron chi connectivity index (χ3n) is 5.53. The number of rotatable bonds is 1. The van der Waals surface area contributed by atoms with Gasteiger partial charge in [0.15, 0.2) is 5.52 Å². The molecule has 0 aliphatic rings. The Balaban J connectivity index is 2.03. The van der Waals surface area contributed by atoms with Crippen molar-refractivity contribution in [3.05, 3.63) is 77.4 Å². The van der Waals surface area contributed by atoms with Crippen LogP contribution in [0.4, 0.5) is 5.69 Å². The van der Waals surface area contributed by atoms with Crippen molar-refractivity contribution in [2.24, 2.45) is 7.05 Å². The highest BCUT2D eigenvalue weighted by molar-refractivity contribution is 6.14. The standard InChI is InChI=1S/C24H18N3O/c1-14-12-18-16-9-7-11-20(25-3)23(16)28-24(18)21(15(14)2)22-17-8-5-6-10-19(17)26-13-27(22)4/h5-13H,1-2,4H3/q+1. The average molecular weight is 364 g/mol. The third-order valence-corrected chi connectivity index (χ3v) is 5.53. The zero-order valence-electron chi connectivity index (χ0n) is 15.9. The molecule has 0 aliphatic carbocycles. The van der Waals surface area contributed by atoms with Crippen molar-refractivity contribution in [3.63, 3.8) is 0 Å². The van der Waals surface area contributed by atoms with E-state index in [1.54, 1.807) is 6.07 Å². The lowest BCUT2D eigenvalue weighted by Crippen LogP contribution is -2.32. The first-order valence-electron chi connectivity index (χ1n) is 9.17. The number of fused-ring (bicyclic) bond motifs is 4. The summed E-state index contributed by atoms with van der Waals surface area (Å²) < 4.78 is 8.40. The molecule has 0 saturated heterocycles. The van der Waals surface area contributed by atoms with E-state index >= 15 is 0 Å². The van der Waals surface area contributed by atoms with Gasteiger partial charge in [0.1, 0.15) is 16.9 Å². The minimum atomic E-state index is 0.541. The Morgan fingerprint density at radius 3 is 2.57 bits per heavy atom. The molecule has 0 bridgehead atoms. The SMILES string of the molecule is [C-]#[N+]c1cccc2c1oc1c(-c3c4ccccc4nc[n+]3C)c(C)c(C)cc12. The van der Waals surface area contributed by atoms with Gasteiger partial charge in [0.05, 0.1) is 24.6 Å². The lowest BCUT2D eigenvalue weighted by atomic mass is 9.94. The molecular formula is C24H18N3O+. The minimum Gasteiger partial charge on any atom is -0.466 e. The van der Waals surface area contributed by atoms with Gasteiger partial charge in [-0.1, -0.05) is 30.3 Å². The van der Waals surface area contributed by atoms with Gasteiger partial charge in [-0.25, -0.2) is 9.41 Å². The number of benzene rings is 3. The van der Waals surface area contributed by atoms with Gasteiger partial charge >= 0.3 is 0 Å². The molecule has 0 saturated carbocycles. The van der Waals surface area contributed by atoms with Crippen molar-refractivity contribution in [2.45, 2.75) is 13.8 Å². The number of nitrogens with zero attached hydrogens (tertiary/aromatic N) is 3. The van der Waals surface area contributed by atoms with E-state index in [-0.39, 0.29) is 0 Å². The number of para-hydroxylation sites is 2. The van der Waals surface area contributed by atoms with E-state index in [0.717, 1.165) is 38.5 Å². The Morgan fingerprint density at radius 2 is 1.75 bits per heavy atom. The van der Waals surface area contributed by atoms with Gasteiger partial charge in [-0.15, -0.1) is 0 Å². The van der Waals surface area contributed by atoms with Crippen molar-refractivity contribution in [3.8, 4) is 11.3 Å². The maximum atomic E-state index is 7.50. The monoisotopic (exact) mass is 364 g/mol. The Morgan fingerprint density at radius 1 is 0.964 bits per heavy atom. The Kier molecular flexibility index (Phi) is 3.47. The molecule has 0 fully saturated rings. The molecule has 5 rings (SSSR count). The Labute approximate surface area is 162 Å². The molecule has 5 aromatic rings. The highest BCUT2D eigenvalue weighted by Crippen LogP contribution is 2.42. The summed E-state index contributed by atoms with van der Waals surface area (Å²) >= 11 is 0. The lowest BCUT2D eigenvalue weighted by molar-refractivity contribution is -0.662. The fourth-order valence-corrected chi connectivity index (χ4v) is 4.01. The van der Waals surface area contributed by atoms with Crippen LogP contribution in [0.15, 0.2) is 59.3 Å². The van der Waals surface area contributed by atoms with Crippen molar-refractivity contribution in [2.75, 3.05) is 0 Å². The number of furan rings is 1. The number of aryl methyl sites for hydroxylation is 2. The first-order chi connectivity index (χ1) is 13.6. The first-order valence-corrected chi connectivity index (χ1v) is 9.17. The lowest BCUT2D eigenvalue weighted by Gasteiger charge is -2.11. The summed E-state index contributed by atoms with van der Waals surface area (Å²) in [5.41, 5.74) is 7.45. The van der Waals surface area contributed by atoms with Crippen LogP contribution in [0.3, 0.4) is 0 Å². The fourth-order valence-electron chi connectivity index (χ4n) is 4.01. The summed E-state index contributed by atoms with van der Waals surface area (Å²) in [6, 6.07) is 16.1. The van der Waals surface area contributed by atoms with E-state index < -0.39 is 0 Å². The number of hydrogen-bond donors (Lipinski definition) is 0. The van der Waals surface area contributed by atoms with Crippen LogP contribution >= 0.6 is 0 Å². The number of hydrogen-bond acceptors (Lipinski definition) is 2. The molecule has 134 valence electrons. The second-order valence-corrected chi connectivity index (χ2v) is 7.16. The zero-order valence-corrected chi connectivity index (χ0v) is 15.9. The molecule has 0 radical (unpaired) electrons. The largest absolute Gasteiger partial charge is 0.466 e. The van der Waals surface area contributed by atoms with Crippen molar-refractivity contribution in [1.29, 1.82) is 0 Å². The quantitative estimate of drug-likeness (QED) is 0.278. The van der Waals surface area contributed by atoms with Crippen molar-refractivity contribution >= 4 is 38.5 Å². The van der Waals surface area contributed by atoms with E-state index in [9.17, 15) is 0 Å². The molecule has 0 spiro atoms. The van der Waals surface area contributed by atoms with E-state index in [4.69, 9.17) is 11.0 Å². The van der Waals surface area contributed by atoms with Crippen LogP contribution < -0.4 is 4.57 Å². The number of aromatic nitrogens is 2. The molecule has 0 unspecified atom stereocenters. The molecule has 0 N–H and O–H groups in total. The van der Waals surface area contributed by atoms with Crippen LogP contribution in [-0.2, 0) is 7.05 Å². The summed E-state index contributed by atoms with van der Waals surface area (Å²) in [6.07, 6.45) is 1.85. The molecule has 3 aromatic carbocycles. The summed E-state index contributed by atoms with van der Waals surface area (Å²) in [7, 11) is 2.01. The van der Waals surface area contributed by atoms with Crippen LogP contribution in [0, 0.1) is 20.4 Å². The van der Waals surface area contributed by atoms with Crippen molar-refractivity contribution in [1.82, 2.24) is 4.98 Å². The van der Waals surface area contributed by atoms with Gasteiger partial charge in [0.2, 0.25) is 5.69 Å². The molecule has 2 heterocycles. The maximum absolute atomic E-state index is 7.50. The van der Waals surface area contributed by atoms with Crippen LogP contribution in [0.25, 0.3) is 48.9 Å². The highest BCUT2D eigenvalue weighted by atomic mass is 16.3. The second kappa shape index (κ2) is 5.90. The Hall–Kier alpha value is -3.71. The molecule has 2 aromatic heterocycles. The van der Waals surface area contributed by atoms with Gasteiger partial charge in [-0.05, 0) is 48.2 Å². The molecular weight excluding hydrogens is 346 g/mol. The van der Waals surface area contributed by atoms with Crippen LogP contribution in [-0.4, -0.2) is 4.98 Å². The topological polar surface area (TPSA) is 34.3 Å². The second-order valence-electron chi connectivity index (χ2n) is 7.16. The van der Waals surface area contributed by atoms with Crippen molar-refractivity contribution < 1.29 is 8.98 Å². The van der Waals surface area contributed by atoms with Crippen LogP contribution in [0.1, 0.15) is 11.1 Å². The van der Waals surface area contributed by atoms with Gasteiger partial charge in [-0.2, -0.15) is 0 Å². The third kappa shape index (κ3) is 2.17. The van der Waals surface area contributed by atoms with Crippen LogP contribution in [0.5, 0.6) is 0 Å².